The number of halogens is 2. The number of imidazole rings is 1. The van der Waals surface area contributed by atoms with Crippen molar-refractivity contribution < 1.29 is 8.78 Å². The average molecular weight is 467 g/mol. The van der Waals surface area contributed by atoms with E-state index in [1.54, 1.807) is 17.6 Å². The molecule has 2 N–H and O–H groups in total. The van der Waals surface area contributed by atoms with E-state index in [9.17, 15) is 23.6 Å². The van der Waals surface area contributed by atoms with Gasteiger partial charge in [0, 0.05) is 26.2 Å². The summed E-state index contributed by atoms with van der Waals surface area (Å²) in [5.74, 6) is 3.88. The van der Waals surface area contributed by atoms with Crippen LogP contribution in [0.2, 0.25) is 0 Å². The van der Waals surface area contributed by atoms with E-state index in [0.29, 0.717) is 19.0 Å². The number of nitriles is 1. The van der Waals surface area contributed by atoms with Gasteiger partial charge in [-0.05, 0) is 37.5 Å². The van der Waals surface area contributed by atoms with Gasteiger partial charge in [-0.25, -0.2) is 13.6 Å². The van der Waals surface area contributed by atoms with Crippen LogP contribution in [-0.2, 0) is 20.1 Å². The van der Waals surface area contributed by atoms with E-state index >= 15 is 0 Å². The number of rotatable bonds is 4. The fourth-order valence-corrected chi connectivity index (χ4v) is 4.23. The van der Waals surface area contributed by atoms with E-state index in [2.05, 4.69) is 16.8 Å². The monoisotopic (exact) mass is 467 g/mol. The summed E-state index contributed by atoms with van der Waals surface area (Å²) in [6.07, 6.45) is 1.74. The number of nitrogens with two attached hydrogens (primary N) is 1. The van der Waals surface area contributed by atoms with Crippen molar-refractivity contribution >= 4 is 17.1 Å². The van der Waals surface area contributed by atoms with Crippen molar-refractivity contribution in [2.45, 2.75) is 38.9 Å². The highest BCUT2D eigenvalue weighted by Gasteiger charge is 2.26. The highest BCUT2D eigenvalue weighted by Crippen LogP contribution is 2.23. The first-order valence-electron chi connectivity index (χ1n) is 10.7. The molecule has 0 unspecified atom stereocenters. The Morgan fingerprint density at radius 3 is 2.65 bits per heavy atom. The van der Waals surface area contributed by atoms with Crippen LogP contribution in [0.25, 0.3) is 11.2 Å². The van der Waals surface area contributed by atoms with Crippen LogP contribution < -0.4 is 21.9 Å². The lowest BCUT2D eigenvalue weighted by Crippen LogP contribution is -2.44. The first-order chi connectivity index (χ1) is 16.3. The standard InChI is InChI=1S/C23H23F2N7O2/c1-3-4-8-31-19-20(28-22(31)30-7-5-6-16(27)13-30)29(2)23(34)32(21(19)33)12-15-10-18(25)17(24)9-14(15)11-26/h9-10,16H,5-8,12-13,27H2,1-2H3/t16-/m1/s1. The normalized spacial score (nSPS) is 15.8. The van der Waals surface area contributed by atoms with Gasteiger partial charge in [0.2, 0.25) is 5.95 Å². The van der Waals surface area contributed by atoms with Gasteiger partial charge in [-0.15, -0.1) is 5.92 Å². The lowest BCUT2D eigenvalue weighted by molar-refractivity contribution is 0.496. The van der Waals surface area contributed by atoms with Gasteiger partial charge in [-0.3, -0.25) is 18.5 Å². The highest BCUT2D eigenvalue weighted by molar-refractivity contribution is 5.75. The maximum absolute atomic E-state index is 13.9. The number of fused-ring (bicyclic) bond motifs is 1. The van der Waals surface area contributed by atoms with Crippen LogP contribution in [0.4, 0.5) is 14.7 Å². The summed E-state index contributed by atoms with van der Waals surface area (Å²) in [7, 11) is 1.48. The molecule has 1 atom stereocenters. The summed E-state index contributed by atoms with van der Waals surface area (Å²) in [5.41, 5.74) is 4.97. The minimum Gasteiger partial charge on any atom is -0.341 e. The number of piperidine rings is 1. The summed E-state index contributed by atoms with van der Waals surface area (Å²) in [5, 5.41) is 9.33. The molecule has 1 aromatic carbocycles. The Morgan fingerprint density at radius 2 is 1.97 bits per heavy atom. The zero-order valence-corrected chi connectivity index (χ0v) is 18.8. The third-order valence-electron chi connectivity index (χ3n) is 5.96. The van der Waals surface area contributed by atoms with Crippen molar-refractivity contribution in [3.8, 4) is 17.9 Å². The molecule has 0 aliphatic carbocycles. The van der Waals surface area contributed by atoms with E-state index in [1.165, 1.54) is 11.6 Å². The van der Waals surface area contributed by atoms with E-state index < -0.39 is 29.4 Å². The molecule has 0 spiro atoms. The molecular weight excluding hydrogens is 444 g/mol. The van der Waals surface area contributed by atoms with Crippen LogP contribution in [-0.4, -0.2) is 37.8 Å². The molecule has 0 bridgehead atoms. The Hall–Kier alpha value is -3.96. The van der Waals surface area contributed by atoms with Gasteiger partial charge >= 0.3 is 5.69 Å². The van der Waals surface area contributed by atoms with Gasteiger partial charge in [0.25, 0.3) is 5.56 Å². The summed E-state index contributed by atoms with van der Waals surface area (Å²) in [4.78, 5) is 33.2. The SMILES string of the molecule is CC#CCn1c(N2CCC[C@@H](N)C2)nc2c1c(=O)n(Cc1cc(F)c(F)cc1C#N)c(=O)n2C. The molecule has 4 rings (SSSR count). The van der Waals surface area contributed by atoms with Crippen LogP contribution in [0.1, 0.15) is 30.9 Å². The largest absolute Gasteiger partial charge is 0.341 e. The van der Waals surface area contributed by atoms with Crippen molar-refractivity contribution in [1.82, 2.24) is 18.7 Å². The molecule has 3 aromatic rings. The zero-order chi connectivity index (χ0) is 24.6. The third-order valence-corrected chi connectivity index (χ3v) is 5.96. The second kappa shape index (κ2) is 9.12. The minimum atomic E-state index is -1.18. The van der Waals surface area contributed by atoms with Crippen molar-refractivity contribution in [1.29, 1.82) is 5.26 Å². The summed E-state index contributed by atoms with van der Waals surface area (Å²) in [6.45, 7) is 2.67. The summed E-state index contributed by atoms with van der Waals surface area (Å²) >= 11 is 0. The molecule has 3 heterocycles. The van der Waals surface area contributed by atoms with E-state index in [4.69, 9.17) is 5.73 Å². The van der Waals surface area contributed by atoms with Crippen molar-refractivity contribution in [3.63, 3.8) is 0 Å². The van der Waals surface area contributed by atoms with Crippen LogP contribution in [0, 0.1) is 34.8 Å². The third kappa shape index (κ3) is 3.95. The van der Waals surface area contributed by atoms with Crippen molar-refractivity contribution in [2.24, 2.45) is 12.8 Å². The molecule has 2 aromatic heterocycles. The van der Waals surface area contributed by atoms with Crippen molar-refractivity contribution in [3.05, 3.63) is 55.7 Å². The molecule has 1 saturated heterocycles. The van der Waals surface area contributed by atoms with Gasteiger partial charge in [-0.2, -0.15) is 10.2 Å². The molecule has 1 aliphatic heterocycles. The minimum absolute atomic E-state index is 0.0154. The Bertz CT molecular complexity index is 1500. The molecule has 9 nitrogen and oxygen atoms in total. The van der Waals surface area contributed by atoms with E-state index in [1.807, 2.05) is 4.90 Å². The number of aromatic nitrogens is 4. The Kier molecular flexibility index (Phi) is 6.22. The quantitative estimate of drug-likeness (QED) is 0.574. The predicted molar refractivity (Wildman–Crippen MR) is 122 cm³/mol. The van der Waals surface area contributed by atoms with Gasteiger partial charge in [0.15, 0.2) is 22.8 Å². The van der Waals surface area contributed by atoms with Gasteiger partial charge in [-0.1, -0.05) is 5.92 Å². The summed E-state index contributed by atoms with van der Waals surface area (Å²) < 4.78 is 31.2. The molecule has 34 heavy (non-hydrogen) atoms. The van der Waals surface area contributed by atoms with E-state index in [-0.39, 0.29) is 34.9 Å². The lowest BCUT2D eigenvalue weighted by atomic mass is 10.1. The van der Waals surface area contributed by atoms with Crippen LogP contribution in [0.15, 0.2) is 21.7 Å². The Balaban J connectivity index is 1.95. The van der Waals surface area contributed by atoms with Crippen LogP contribution in [0.3, 0.4) is 0 Å². The molecule has 11 heteroatoms. The van der Waals surface area contributed by atoms with Crippen LogP contribution in [0.5, 0.6) is 0 Å². The Morgan fingerprint density at radius 1 is 1.24 bits per heavy atom. The van der Waals surface area contributed by atoms with Gasteiger partial charge in [0.1, 0.15) is 0 Å². The lowest BCUT2D eigenvalue weighted by Gasteiger charge is -2.31. The number of hydrogen-bond donors (Lipinski definition) is 1. The average Bonchev–Trinajstić information content (AvgIpc) is 3.20. The first-order valence-corrected chi connectivity index (χ1v) is 10.7. The zero-order valence-electron chi connectivity index (χ0n) is 18.8. The first kappa shape index (κ1) is 23.2. The molecule has 0 radical (unpaired) electrons. The fraction of sp³-hybridized carbons (Fsp3) is 0.391. The number of aryl methyl sites for hydroxylation is 1. The molecule has 0 saturated carbocycles. The predicted octanol–water partition coefficient (Wildman–Crippen LogP) is 1.05. The fourth-order valence-electron chi connectivity index (χ4n) is 4.23. The van der Waals surface area contributed by atoms with Gasteiger partial charge < -0.3 is 10.6 Å². The highest BCUT2D eigenvalue weighted by atomic mass is 19.2. The summed E-state index contributed by atoms with van der Waals surface area (Å²) in [6, 6.07) is 3.31. The topological polar surface area (TPSA) is 115 Å². The molecule has 176 valence electrons. The molecule has 1 fully saturated rings. The number of anilines is 1. The van der Waals surface area contributed by atoms with E-state index in [0.717, 1.165) is 29.5 Å². The van der Waals surface area contributed by atoms with Crippen LogP contribution >= 0.6 is 0 Å². The maximum Gasteiger partial charge on any atom is 0.332 e. The second-order valence-corrected chi connectivity index (χ2v) is 8.21. The second-order valence-electron chi connectivity index (χ2n) is 8.21. The Labute approximate surface area is 193 Å². The smallest absolute Gasteiger partial charge is 0.332 e. The molecule has 1 aliphatic rings. The number of benzene rings is 1. The molecular formula is C23H23F2N7O2. The van der Waals surface area contributed by atoms with Crippen molar-refractivity contribution in [2.75, 3.05) is 18.0 Å². The molecule has 0 amide bonds. The number of nitrogens with zero attached hydrogens (tertiary/aromatic N) is 6. The maximum atomic E-state index is 13.9. The number of hydrogen-bond acceptors (Lipinski definition) is 6. The van der Waals surface area contributed by atoms with Gasteiger partial charge in [0.05, 0.1) is 24.7 Å².